The number of aliphatic hydroxyl groups excluding tert-OH is 1. The Hall–Kier alpha value is -1.04. The minimum atomic E-state index is 0.0271. The van der Waals surface area contributed by atoms with Crippen molar-refractivity contribution in [3.8, 4) is 0 Å². The van der Waals surface area contributed by atoms with Crippen LogP contribution < -0.4 is 5.32 Å². The van der Waals surface area contributed by atoms with E-state index in [-0.39, 0.29) is 12.5 Å². The van der Waals surface area contributed by atoms with E-state index in [1.165, 1.54) is 12.2 Å². The van der Waals surface area contributed by atoms with Gasteiger partial charge in [-0.05, 0) is 43.3 Å². The first kappa shape index (κ1) is 15.4. The van der Waals surface area contributed by atoms with E-state index in [0.717, 1.165) is 17.0 Å². The van der Waals surface area contributed by atoms with Gasteiger partial charge in [0.1, 0.15) is 0 Å². The minimum absolute atomic E-state index is 0.0271. The van der Waals surface area contributed by atoms with Gasteiger partial charge in [-0.25, -0.2) is 0 Å². The Morgan fingerprint density at radius 2 is 2.20 bits per heavy atom. The highest BCUT2D eigenvalue weighted by atomic mass is 32.2. The molecule has 0 spiro atoms. The molecule has 0 aliphatic carbocycles. The summed E-state index contributed by atoms with van der Waals surface area (Å²) in [5.74, 6) is 2.35. The molecule has 0 radical (unpaired) electrons. The molecule has 1 unspecified atom stereocenters. The molecule has 1 saturated heterocycles. The molecule has 20 heavy (non-hydrogen) atoms. The van der Waals surface area contributed by atoms with Crippen LogP contribution in [0.4, 0.5) is 5.69 Å². The number of nitrogens with one attached hydrogen (secondary N) is 1. The van der Waals surface area contributed by atoms with Crippen molar-refractivity contribution in [2.45, 2.75) is 18.9 Å². The number of thioether (sulfide) groups is 1. The number of carbonyl (C=O) groups excluding carboxylic acids is 1. The van der Waals surface area contributed by atoms with Crippen LogP contribution in [-0.2, 0) is 11.2 Å². The van der Waals surface area contributed by atoms with E-state index in [2.05, 4.69) is 10.2 Å². The first-order valence-corrected chi connectivity index (χ1v) is 8.12. The number of rotatable bonds is 6. The van der Waals surface area contributed by atoms with Crippen LogP contribution in [0, 0.1) is 0 Å². The van der Waals surface area contributed by atoms with Crippen molar-refractivity contribution in [3.05, 3.63) is 29.8 Å². The third-order valence-corrected chi connectivity index (χ3v) is 4.71. The molecule has 1 aliphatic rings. The summed E-state index contributed by atoms with van der Waals surface area (Å²) in [6.07, 6.45) is 1.82. The Balaban J connectivity index is 1.81. The second kappa shape index (κ2) is 7.67. The molecule has 2 N–H and O–H groups in total. The van der Waals surface area contributed by atoms with Gasteiger partial charge in [-0.2, -0.15) is 11.8 Å². The molecule has 1 amide bonds. The highest BCUT2D eigenvalue weighted by molar-refractivity contribution is 7.99. The molecular weight excluding hydrogens is 272 g/mol. The van der Waals surface area contributed by atoms with E-state index in [9.17, 15) is 4.79 Å². The van der Waals surface area contributed by atoms with E-state index in [1.807, 2.05) is 43.1 Å². The highest BCUT2D eigenvalue weighted by Gasteiger charge is 2.21. The Labute approximate surface area is 124 Å². The lowest BCUT2D eigenvalue weighted by Gasteiger charge is -2.22. The second-order valence-corrected chi connectivity index (χ2v) is 6.30. The van der Waals surface area contributed by atoms with Crippen molar-refractivity contribution in [2.24, 2.45) is 0 Å². The molecule has 1 fully saturated rings. The molecule has 0 saturated carbocycles. The Kier molecular flexibility index (Phi) is 5.88. The van der Waals surface area contributed by atoms with Gasteiger partial charge in [0, 0.05) is 24.1 Å². The van der Waals surface area contributed by atoms with Gasteiger partial charge in [0.2, 0.25) is 5.91 Å². The summed E-state index contributed by atoms with van der Waals surface area (Å²) in [6.45, 7) is 0.583. The maximum atomic E-state index is 12.0. The van der Waals surface area contributed by atoms with Crippen LogP contribution in [0.5, 0.6) is 0 Å². The first-order valence-electron chi connectivity index (χ1n) is 6.96. The quantitative estimate of drug-likeness (QED) is 0.837. The van der Waals surface area contributed by atoms with Crippen LogP contribution >= 0.6 is 11.8 Å². The van der Waals surface area contributed by atoms with E-state index >= 15 is 0 Å². The van der Waals surface area contributed by atoms with Gasteiger partial charge in [-0.1, -0.05) is 12.1 Å². The zero-order valence-corrected chi connectivity index (χ0v) is 12.7. The van der Waals surface area contributed by atoms with E-state index < -0.39 is 0 Å². The molecule has 1 heterocycles. The van der Waals surface area contributed by atoms with Crippen LogP contribution in [0.1, 0.15) is 12.0 Å². The number of nitrogens with zero attached hydrogens (tertiary/aromatic N) is 1. The van der Waals surface area contributed by atoms with Crippen molar-refractivity contribution < 1.29 is 9.90 Å². The fourth-order valence-electron chi connectivity index (χ4n) is 2.31. The zero-order chi connectivity index (χ0) is 14.4. The number of carbonyl (C=O) groups is 1. The smallest absolute Gasteiger partial charge is 0.238 e. The third-order valence-electron chi connectivity index (χ3n) is 3.56. The lowest BCUT2D eigenvalue weighted by Crippen LogP contribution is -2.37. The summed E-state index contributed by atoms with van der Waals surface area (Å²) >= 11 is 1.95. The largest absolute Gasteiger partial charge is 0.396 e. The van der Waals surface area contributed by atoms with E-state index in [0.29, 0.717) is 19.0 Å². The topological polar surface area (TPSA) is 52.6 Å². The lowest BCUT2D eigenvalue weighted by atomic mass is 10.1. The van der Waals surface area contributed by atoms with Crippen LogP contribution in [0.3, 0.4) is 0 Å². The van der Waals surface area contributed by atoms with E-state index in [4.69, 9.17) is 5.11 Å². The van der Waals surface area contributed by atoms with Crippen LogP contribution in [0.2, 0.25) is 0 Å². The minimum Gasteiger partial charge on any atom is -0.396 e. The number of likely N-dealkylation sites (N-methyl/N-ethyl adjacent to an activating group) is 1. The number of benzene rings is 1. The van der Waals surface area contributed by atoms with Gasteiger partial charge < -0.3 is 10.4 Å². The highest BCUT2D eigenvalue weighted by Crippen LogP contribution is 2.21. The number of hydrogen-bond donors (Lipinski definition) is 2. The molecule has 0 aromatic heterocycles. The van der Waals surface area contributed by atoms with Crippen LogP contribution in [-0.4, -0.2) is 53.7 Å². The molecule has 110 valence electrons. The van der Waals surface area contributed by atoms with Crippen LogP contribution in [0.25, 0.3) is 0 Å². The van der Waals surface area contributed by atoms with Gasteiger partial charge in [-0.3, -0.25) is 9.69 Å². The fraction of sp³-hybridized carbons (Fsp3) is 0.533. The third kappa shape index (κ3) is 4.51. The summed E-state index contributed by atoms with van der Waals surface area (Å²) in [5, 5.41) is 11.8. The molecule has 0 bridgehead atoms. The maximum Gasteiger partial charge on any atom is 0.238 e. The molecule has 4 nitrogen and oxygen atoms in total. The second-order valence-electron chi connectivity index (χ2n) is 5.15. The number of aliphatic hydroxyl groups is 1. The zero-order valence-electron chi connectivity index (χ0n) is 11.8. The maximum absolute atomic E-state index is 12.0. The molecule has 5 heteroatoms. The monoisotopic (exact) mass is 294 g/mol. The summed E-state index contributed by atoms with van der Waals surface area (Å²) in [5.41, 5.74) is 1.89. The van der Waals surface area contributed by atoms with Gasteiger partial charge in [0.25, 0.3) is 0 Å². The van der Waals surface area contributed by atoms with Crippen LogP contribution in [0.15, 0.2) is 24.3 Å². The van der Waals surface area contributed by atoms with Gasteiger partial charge in [0.05, 0.1) is 6.54 Å². The van der Waals surface area contributed by atoms with E-state index in [1.54, 1.807) is 0 Å². The standard InChI is InChI=1S/C15H22N2O2S/c1-17(14-7-9-20-11-14)10-15(19)16-13-4-2-12(3-5-13)6-8-18/h2-5,14,18H,6-11H2,1H3,(H,16,19). The Morgan fingerprint density at radius 3 is 2.80 bits per heavy atom. The summed E-state index contributed by atoms with van der Waals surface area (Å²) < 4.78 is 0. The number of amides is 1. The predicted molar refractivity (Wildman–Crippen MR) is 84.2 cm³/mol. The normalized spacial score (nSPS) is 18.4. The van der Waals surface area contributed by atoms with Crippen molar-refractivity contribution in [3.63, 3.8) is 0 Å². The SMILES string of the molecule is CN(CC(=O)Nc1ccc(CCO)cc1)C1CCSC1. The molecule has 1 aromatic rings. The lowest BCUT2D eigenvalue weighted by molar-refractivity contribution is -0.117. The Morgan fingerprint density at radius 1 is 1.45 bits per heavy atom. The molecule has 1 aromatic carbocycles. The molecular formula is C15H22N2O2S. The summed E-state index contributed by atoms with van der Waals surface area (Å²) in [6, 6.07) is 8.16. The van der Waals surface area contributed by atoms with Crippen molar-refractivity contribution in [1.82, 2.24) is 4.90 Å². The molecule has 1 aliphatic heterocycles. The number of anilines is 1. The summed E-state index contributed by atoms with van der Waals surface area (Å²) in [4.78, 5) is 14.1. The fourth-order valence-corrected chi connectivity index (χ4v) is 3.61. The average Bonchev–Trinajstić information content (AvgIpc) is 2.95. The molecule has 1 atom stereocenters. The number of hydrogen-bond acceptors (Lipinski definition) is 4. The van der Waals surface area contributed by atoms with Crippen molar-refractivity contribution >= 4 is 23.4 Å². The first-order chi connectivity index (χ1) is 9.69. The van der Waals surface area contributed by atoms with Crippen molar-refractivity contribution in [2.75, 3.05) is 37.0 Å². The summed E-state index contributed by atoms with van der Waals surface area (Å²) in [7, 11) is 2.01. The van der Waals surface area contributed by atoms with Gasteiger partial charge in [-0.15, -0.1) is 0 Å². The Bertz CT molecular complexity index is 430. The molecule has 2 rings (SSSR count). The van der Waals surface area contributed by atoms with Crippen molar-refractivity contribution in [1.29, 1.82) is 0 Å². The average molecular weight is 294 g/mol. The van der Waals surface area contributed by atoms with Gasteiger partial charge >= 0.3 is 0 Å². The van der Waals surface area contributed by atoms with Gasteiger partial charge in [0.15, 0.2) is 0 Å². The predicted octanol–water partition coefficient (Wildman–Crippen LogP) is 1.60.